The molecule has 0 aliphatic rings. The van der Waals surface area contributed by atoms with Gasteiger partial charge in [0.25, 0.3) is 0 Å². The summed E-state index contributed by atoms with van der Waals surface area (Å²) in [4.78, 5) is 10.2. The van der Waals surface area contributed by atoms with Crippen molar-refractivity contribution in [3.8, 4) is 0 Å². The molecule has 0 aromatic heterocycles. The predicted octanol–water partition coefficient (Wildman–Crippen LogP) is 1.18. The Hall–Kier alpha value is -0.830. The second-order valence-electron chi connectivity index (χ2n) is 2.51. The molecule has 64 valence electrons. The first kappa shape index (κ1) is 10.2. The molecule has 0 saturated carbocycles. The van der Waals surface area contributed by atoms with Gasteiger partial charge in [0.15, 0.2) is 0 Å². The molecule has 0 aliphatic carbocycles. The molecule has 0 heterocycles. The van der Waals surface area contributed by atoms with Crippen molar-refractivity contribution in [1.29, 1.82) is 0 Å². The monoisotopic (exact) mass is 158 g/mol. The second-order valence-corrected chi connectivity index (χ2v) is 2.51. The number of aliphatic hydroxyl groups is 1. The van der Waals surface area contributed by atoms with E-state index in [1.54, 1.807) is 0 Å². The topological polar surface area (TPSA) is 57.5 Å². The fraction of sp³-hybridized carbons (Fsp3) is 0.625. The first-order valence-corrected chi connectivity index (χ1v) is 3.67. The van der Waals surface area contributed by atoms with E-state index < -0.39 is 12.1 Å². The van der Waals surface area contributed by atoms with Gasteiger partial charge in [0.05, 0.1) is 6.10 Å². The van der Waals surface area contributed by atoms with Gasteiger partial charge in [-0.15, -0.1) is 0 Å². The van der Waals surface area contributed by atoms with E-state index in [2.05, 4.69) is 6.58 Å². The molecule has 0 aliphatic heterocycles. The van der Waals surface area contributed by atoms with E-state index in [4.69, 9.17) is 10.2 Å². The lowest BCUT2D eigenvalue weighted by Crippen LogP contribution is -2.07. The molecular weight excluding hydrogens is 144 g/mol. The summed E-state index contributed by atoms with van der Waals surface area (Å²) in [5, 5.41) is 17.4. The summed E-state index contributed by atoms with van der Waals surface area (Å²) in [7, 11) is 0. The highest BCUT2D eigenvalue weighted by molar-refractivity contribution is 5.85. The molecule has 0 spiro atoms. The number of carboxylic acid groups (broad SMARTS) is 1. The summed E-state index contributed by atoms with van der Waals surface area (Å²) in [6.45, 7) is 5.21. The number of carbonyl (C=O) groups is 1. The van der Waals surface area contributed by atoms with E-state index >= 15 is 0 Å². The van der Waals surface area contributed by atoms with E-state index in [-0.39, 0.29) is 5.57 Å². The van der Waals surface area contributed by atoms with Crippen LogP contribution < -0.4 is 0 Å². The Balaban J connectivity index is 3.54. The van der Waals surface area contributed by atoms with Crippen LogP contribution in [-0.4, -0.2) is 22.3 Å². The third kappa shape index (κ3) is 4.56. The standard InChI is InChI=1S/C8H14O3/c1-3-7(9)5-4-6(2)8(10)11/h7,9H,2-5H2,1H3,(H,10,11)/t7-/m1/s1. The quantitative estimate of drug-likeness (QED) is 0.590. The molecule has 0 saturated heterocycles. The van der Waals surface area contributed by atoms with E-state index in [0.717, 1.165) is 0 Å². The van der Waals surface area contributed by atoms with Crippen molar-refractivity contribution < 1.29 is 15.0 Å². The highest BCUT2D eigenvalue weighted by atomic mass is 16.4. The minimum atomic E-state index is -0.978. The molecule has 0 unspecified atom stereocenters. The van der Waals surface area contributed by atoms with Crippen LogP contribution in [-0.2, 0) is 4.79 Å². The summed E-state index contributed by atoms with van der Waals surface area (Å²) >= 11 is 0. The number of hydrogen-bond donors (Lipinski definition) is 2. The van der Waals surface area contributed by atoms with Crippen LogP contribution in [0.3, 0.4) is 0 Å². The molecule has 0 fully saturated rings. The average Bonchev–Trinajstić information content (AvgIpc) is 1.99. The van der Waals surface area contributed by atoms with E-state index in [1.807, 2.05) is 6.92 Å². The Labute approximate surface area is 66.4 Å². The zero-order valence-corrected chi connectivity index (χ0v) is 6.71. The molecule has 2 N–H and O–H groups in total. The van der Waals surface area contributed by atoms with Crippen molar-refractivity contribution in [2.24, 2.45) is 0 Å². The normalized spacial score (nSPS) is 12.5. The molecule has 3 heteroatoms. The Morgan fingerprint density at radius 2 is 2.18 bits per heavy atom. The van der Waals surface area contributed by atoms with Gasteiger partial charge in [-0.3, -0.25) is 0 Å². The lowest BCUT2D eigenvalue weighted by atomic mass is 10.1. The second kappa shape index (κ2) is 4.91. The number of rotatable bonds is 5. The van der Waals surface area contributed by atoms with Crippen molar-refractivity contribution in [2.45, 2.75) is 32.3 Å². The number of aliphatic hydroxyl groups excluding tert-OH is 1. The molecule has 3 nitrogen and oxygen atoms in total. The van der Waals surface area contributed by atoms with Gasteiger partial charge in [-0.2, -0.15) is 0 Å². The molecule has 11 heavy (non-hydrogen) atoms. The molecule has 0 bridgehead atoms. The molecule has 0 aromatic rings. The van der Waals surface area contributed by atoms with Gasteiger partial charge >= 0.3 is 5.97 Å². The molecular formula is C8H14O3. The van der Waals surface area contributed by atoms with Crippen molar-refractivity contribution in [1.82, 2.24) is 0 Å². The summed E-state index contributed by atoms with van der Waals surface area (Å²) in [5.74, 6) is -0.978. The Bertz CT molecular complexity index is 151. The van der Waals surface area contributed by atoms with Crippen molar-refractivity contribution in [2.75, 3.05) is 0 Å². The van der Waals surface area contributed by atoms with Gasteiger partial charge in [-0.25, -0.2) is 4.79 Å². The van der Waals surface area contributed by atoms with Crippen molar-refractivity contribution >= 4 is 5.97 Å². The summed E-state index contributed by atoms with van der Waals surface area (Å²) < 4.78 is 0. The zero-order chi connectivity index (χ0) is 8.85. The maximum Gasteiger partial charge on any atom is 0.330 e. The Morgan fingerprint density at radius 3 is 2.55 bits per heavy atom. The highest BCUT2D eigenvalue weighted by Crippen LogP contribution is 2.07. The molecule has 0 amide bonds. The Kier molecular flexibility index (Phi) is 4.54. The highest BCUT2D eigenvalue weighted by Gasteiger charge is 2.06. The van der Waals surface area contributed by atoms with Crippen LogP contribution in [0.25, 0.3) is 0 Å². The maximum atomic E-state index is 10.2. The van der Waals surface area contributed by atoms with E-state index in [0.29, 0.717) is 19.3 Å². The minimum Gasteiger partial charge on any atom is -0.478 e. The maximum absolute atomic E-state index is 10.2. The minimum absolute atomic E-state index is 0.164. The lowest BCUT2D eigenvalue weighted by Gasteiger charge is -2.05. The summed E-state index contributed by atoms with van der Waals surface area (Å²) in [5.41, 5.74) is 0.164. The van der Waals surface area contributed by atoms with Crippen LogP contribution in [0.4, 0.5) is 0 Å². The zero-order valence-electron chi connectivity index (χ0n) is 6.71. The lowest BCUT2D eigenvalue weighted by molar-refractivity contribution is -0.132. The van der Waals surface area contributed by atoms with Gasteiger partial charge in [0.1, 0.15) is 0 Å². The molecule has 0 rings (SSSR count). The predicted molar refractivity (Wildman–Crippen MR) is 42.3 cm³/mol. The fourth-order valence-electron chi connectivity index (χ4n) is 0.652. The molecule has 0 radical (unpaired) electrons. The van der Waals surface area contributed by atoms with Gasteiger partial charge in [-0.05, 0) is 19.3 Å². The van der Waals surface area contributed by atoms with Crippen LogP contribution in [0.2, 0.25) is 0 Å². The number of carboxylic acids is 1. The smallest absolute Gasteiger partial charge is 0.330 e. The summed E-state index contributed by atoms with van der Waals surface area (Å²) in [6.07, 6.45) is 1.12. The van der Waals surface area contributed by atoms with Crippen molar-refractivity contribution in [3.05, 3.63) is 12.2 Å². The third-order valence-electron chi connectivity index (χ3n) is 1.55. The van der Waals surface area contributed by atoms with Crippen molar-refractivity contribution in [3.63, 3.8) is 0 Å². The SMILES string of the molecule is C=C(CC[C@H](O)CC)C(=O)O. The van der Waals surface area contributed by atoms with Gasteiger partial charge in [-0.1, -0.05) is 13.5 Å². The number of aliphatic carboxylic acids is 1. The average molecular weight is 158 g/mol. The fourth-order valence-corrected chi connectivity index (χ4v) is 0.652. The summed E-state index contributed by atoms with van der Waals surface area (Å²) in [6, 6.07) is 0. The van der Waals surface area contributed by atoms with Crippen LogP contribution in [0.1, 0.15) is 26.2 Å². The third-order valence-corrected chi connectivity index (χ3v) is 1.55. The first-order chi connectivity index (χ1) is 5.07. The Morgan fingerprint density at radius 1 is 1.64 bits per heavy atom. The largest absolute Gasteiger partial charge is 0.478 e. The number of hydrogen-bond acceptors (Lipinski definition) is 2. The van der Waals surface area contributed by atoms with Crippen LogP contribution in [0.15, 0.2) is 12.2 Å². The van der Waals surface area contributed by atoms with Gasteiger partial charge in [0, 0.05) is 5.57 Å². The molecule has 1 atom stereocenters. The van der Waals surface area contributed by atoms with Gasteiger partial charge < -0.3 is 10.2 Å². The van der Waals surface area contributed by atoms with Crippen LogP contribution in [0, 0.1) is 0 Å². The van der Waals surface area contributed by atoms with Crippen LogP contribution >= 0.6 is 0 Å². The first-order valence-electron chi connectivity index (χ1n) is 3.67. The van der Waals surface area contributed by atoms with Gasteiger partial charge in [0.2, 0.25) is 0 Å². The van der Waals surface area contributed by atoms with E-state index in [1.165, 1.54) is 0 Å². The van der Waals surface area contributed by atoms with Crippen LogP contribution in [0.5, 0.6) is 0 Å². The molecule has 0 aromatic carbocycles. The van der Waals surface area contributed by atoms with E-state index in [9.17, 15) is 4.79 Å².